The van der Waals surface area contributed by atoms with Crippen molar-refractivity contribution >= 4 is 17.7 Å². The highest BCUT2D eigenvalue weighted by Gasteiger charge is 2.05. The quantitative estimate of drug-likeness (QED) is 0.783. The molecular formula is C19H21NO4. The van der Waals surface area contributed by atoms with Gasteiger partial charge in [0.1, 0.15) is 6.61 Å². The van der Waals surface area contributed by atoms with Gasteiger partial charge in [0.15, 0.2) is 0 Å². The van der Waals surface area contributed by atoms with E-state index in [2.05, 4.69) is 5.32 Å². The molecule has 2 aromatic rings. The molecule has 1 amide bonds. The molecular weight excluding hydrogens is 306 g/mol. The van der Waals surface area contributed by atoms with Crippen LogP contribution in [0.25, 0.3) is 0 Å². The number of rotatable bonds is 7. The van der Waals surface area contributed by atoms with E-state index in [1.165, 1.54) is 0 Å². The normalized spacial score (nSPS) is 10.0. The molecule has 0 saturated carbocycles. The maximum Gasteiger partial charge on any atom is 0.411 e. The fourth-order valence-electron chi connectivity index (χ4n) is 2.11. The first-order valence-electron chi connectivity index (χ1n) is 7.89. The second kappa shape index (κ2) is 9.35. The molecule has 0 heterocycles. The van der Waals surface area contributed by atoms with E-state index in [4.69, 9.17) is 9.47 Å². The maximum absolute atomic E-state index is 11.8. The summed E-state index contributed by atoms with van der Waals surface area (Å²) in [5.41, 5.74) is 2.58. The van der Waals surface area contributed by atoms with Crippen LogP contribution < -0.4 is 5.32 Å². The van der Waals surface area contributed by atoms with E-state index < -0.39 is 6.09 Å². The summed E-state index contributed by atoms with van der Waals surface area (Å²) in [4.78, 5) is 23.1. The summed E-state index contributed by atoms with van der Waals surface area (Å²) in [5.74, 6) is -0.204. The Labute approximate surface area is 141 Å². The van der Waals surface area contributed by atoms with Crippen molar-refractivity contribution in [1.82, 2.24) is 0 Å². The Kier molecular flexibility index (Phi) is 6.83. The Balaban J connectivity index is 1.76. The molecule has 1 N–H and O–H groups in total. The zero-order valence-electron chi connectivity index (χ0n) is 13.7. The number of aryl methyl sites for hydroxylation is 1. The lowest BCUT2D eigenvalue weighted by atomic mass is 10.1. The molecule has 0 saturated heterocycles. The van der Waals surface area contributed by atoms with Gasteiger partial charge in [0.2, 0.25) is 0 Å². The monoisotopic (exact) mass is 327 g/mol. The van der Waals surface area contributed by atoms with Crippen LogP contribution in [-0.4, -0.2) is 18.7 Å². The number of hydrogen-bond acceptors (Lipinski definition) is 4. The number of esters is 1. The Hall–Kier alpha value is -2.82. The summed E-state index contributed by atoms with van der Waals surface area (Å²) in [6, 6.07) is 16.8. The molecule has 0 spiro atoms. The summed E-state index contributed by atoms with van der Waals surface area (Å²) < 4.78 is 10.0. The van der Waals surface area contributed by atoms with Gasteiger partial charge < -0.3 is 9.47 Å². The van der Waals surface area contributed by atoms with E-state index in [0.29, 0.717) is 25.1 Å². The van der Waals surface area contributed by atoms with Gasteiger partial charge in [-0.1, -0.05) is 42.5 Å². The molecule has 0 aliphatic rings. The third-order valence-electron chi connectivity index (χ3n) is 3.34. The minimum absolute atomic E-state index is 0.204. The molecule has 0 unspecified atom stereocenters. The van der Waals surface area contributed by atoms with Crippen LogP contribution in [0.3, 0.4) is 0 Å². The Morgan fingerprint density at radius 2 is 1.62 bits per heavy atom. The molecule has 0 aromatic heterocycles. The van der Waals surface area contributed by atoms with Gasteiger partial charge >= 0.3 is 12.1 Å². The highest BCUT2D eigenvalue weighted by molar-refractivity contribution is 5.84. The number of carbonyl (C=O) groups excluding carboxylic acids is 2. The molecule has 0 atom stereocenters. The average Bonchev–Trinajstić information content (AvgIpc) is 2.60. The zero-order valence-corrected chi connectivity index (χ0v) is 13.7. The van der Waals surface area contributed by atoms with Crippen LogP contribution in [0.5, 0.6) is 0 Å². The van der Waals surface area contributed by atoms with Gasteiger partial charge in [0.05, 0.1) is 6.61 Å². The van der Waals surface area contributed by atoms with Crippen molar-refractivity contribution in [3.8, 4) is 0 Å². The number of hydrogen-bond donors (Lipinski definition) is 1. The highest BCUT2D eigenvalue weighted by atomic mass is 16.5. The number of carbonyl (C=O) groups is 2. The Bertz CT molecular complexity index is 653. The lowest BCUT2D eigenvalue weighted by molar-refractivity contribution is -0.143. The molecule has 5 nitrogen and oxygen atoms in total. The van der Waals surface area contributed by atoms with Crippen LogP contribution in [0.2, 0.25) is 0 Å². The maximum atomic E-state index is 11.8. The molecule has 2 rings (SSSR count). The molecule has 24 heavy (non-hydrogen) atoms. The van der Waals surface area contributed by atoms with Crippen LogP contribution in [0.4, 0.5) is 10.5 Å². The van der Waals surface area contributed by atoms with Gasteiger partial charge in [-0.15, -0.1) is 0 Å². The van der Waals surface area contributed by atoms with Crippen molar-refractivity contribution < 1.29 is 19.1 Å². The fourth-order valence-corrected chi connectivity index (χ4v) is 2.11. The summed E-state index contributed by atoms with van der Waals surface area (Å²) >= 11 is 0. The second-order valence-corrected chi connectivity index (χ2v) is 5.19. The van der Waals surface area contributed by atoms with Crippen molar-refractivity contribution in [3.05, 3.63) is 65.7 Å². The number of amides is 1. The van der Waals surface area contributed by atoms with Crippen molar-refractivity contribution in [2.24, 2.45) is 0 Å². The second-order valence-electron chi connectivity index (χ2n) is 5.19. The molecule has 0 bridgehead atoms. The first-order chi connectivity index (χ1) is 11.7. The predicted molar refractivity (Wildman–Crippen MR) is 91.6 cm³/mol. The molecule has 126 valence electrons. The summed E-state index contributed by atoms with van der Waals surface area (Å²) in [6.45, 7) is 2.41. The standard InChI is InChI=1S/C19H21NO4/c1-2-23-18(21)13-10-15-8-11-17(12-9-15)20-19(22)24-14-16-6-4-3-5-7-16/h3-9,11-12H,2,10,13-14H2,1H3,(H,20,22). The van der Waals surface area contributed by atoms with E-state index in [1.807, 2.05) is 42.5 Å². The minimum atomic E-state index is -0.502. The minimum Gasteiger partial charge on any atom is -0.466 e. The van der Waals surface area contributed by atoms with Crippen LogP contribution >= 0.6 is 0 Å². The van der Waals surface area contributed by atoms with Crippen molar-refractivity contribution in [2.45, 2.75) is 26.4 Å². The van der Waals surface area contributed by atoms with Crippen LogP contribution in [0.1, 0.15) is 24.5 Å². The topological polar surface area (TPSA) is 64.6 Å². The molecule has 0 aliphatic carbocycles. The number of anilines is 1. The van der Waals surface area contributed by atoms with Crippen LogP contribution in [-0.2, 0) is 27.3 Å². The molecule has 0 fully saturated rings. The number of benzene rings is 2. The Morgan fingerprint density at radius 1 is 0.917 bits per heavy atom. The molecule has 0 aliphatic heterocycles. The molecule has 0 radical (unpaired) electrons. The van der Waals surface area contributed by atoms with E-state index in [0.717, 1.165) is 11.1 Å². The van der Waals surface area contributed by atoms with Crippen molar-refractivity contribution in [3.63, 3.8) is 0 Å². The van der Waals surface area contributed by atoms with Crippen LogP contribution in [0.15, 0.2) is 54.6 Å². The third-order valence-corrected chi connectivity index (χ3v) is 3.34. The number of nitrogens with one attached hydrogen (secondary N) is 1. The number of ether oxygens (including phenoxy) is 2. The zero-order chi connectivity index (χ0) is 17.2. The van der Waals surface area contributed by atoms with E-state index in [-0.39, 0.29) is 12.6 Å². The molecule has 5 heteroatoms. The van der Waals surface area contributed by atoms with Crippen LogP contribution in [0, 0.1) is 0 Å². The smallest absolute Gasteiger partial charge is 0.411 e. The van der Waals surface area contributed by atoms with Gasteiger partial charge in [-0.3, -0.25) is 10.1 Å². The molecule has 2 aromatic carbocycles. The average molecular weight is 327 g/mol. The first kappa shape index (κ1) is 17.5. The van der Waals surface area contributed by atoms with Gasteiger partial charge in [-0.25, -0.2) is 4.79 Å². The lowest BCUT2D eigenvalue weighted by Crippen LogP contribution is -2.13. The Morgan fingerprint density at radius 3 is 2.29 bits per heavy atom. The van der Waals surface area contributed by atoms with Crippen molar-refractivity contribution in [2.75, 3.05) is 11.9 Å². The largest absolute Gasteiger partial charge is 0.466 e. The third kappa shape index (κ3) is 6.12. The first-order valence-corrected chi connectivity index (χ1v) is 7.89. The fraction of sp³-hybridized carbons (Fsp3) is 0.263. The SMILES string of the molecule is CCOC(=O)CCc1ccc(NC(=O)OCc2ccccc2)cc1. The highest BCUT2D eigenvalue weighted by Crippen LogP contribution is 2.12. The van der Waals surface area contributed by atoms with E-state index in [9.17, 15) is 9.59 Å². The van der Waals surface area contributed by atoms with Gasteiger partial charge in [-0.2, -0.15) is 0 Å². The van der Waals surface area contributed by atoms with E-state index in [1.54, 1.807) is 19.1 Å². The van der Waals surface area contributed by atoms with Gasteiger partial charge in [0.25, 0.3) is 0 Å². The predicted octanol–water partition coefficient (Wildman–Crippen LogP) is 3.93. The summed E-state index contributed by atoms with van der Waals surface area (Å²) in [5, 5.41) is 2.67. The van der Waals surface area contributed by atoms with E-state index >= 15 is 0 Å². The lowest BCUT2D eigenvalue weighted by Gasteiger charge is -2.08. The summed E-state index contributed by atoms with van der Waals surface area (Å²) in [7, 11) is 0. The van der Waals surface area contributed by atoms with Crippen molar-refractivity contribution in [1.29, 1.82) is 0 Å². The van der Waals surface area contributed by atoms with Gasteiger partial charge in [-0.05, 0) is 36.6 Å². The summed E-state index contributed by atoms with van der Waals surface area (Å²) in [6.07, 6.45) is 0.454. The van der Waals surface area contributed by atoms with Gasteiger partial charge in [0, 0.05) is 12.1 Å².